The Morgan fingerprint density at radius 3 is 2.43 bits per heavy atom. The average molecular weight is 379 g/mol. The zero-order chi connectivity index (χ0) is 19.9. The Morgan fingerprint density at radius 1 is 1.11 bits per heavy atom. The molecule has 0 unspecified atom stereocenters. The Hall–Kier alpha value is -3.86. The molecule has 8 heteroatoms. The van der Waals surface area contributed by atoms with E-state index in [4.69, 9.17) is 23.9 Å². The van der Waals surface area contributed by atoms with Gasteiger partial charge in [0.2, 0.25) is 5.89 Å². The van der Waals surface area contributed by atoms with E-state index in [2.05, 4.69) is 10.2 Å². The quantitative estimate of drug-likeness (QED) is 0.576. The van der Waals surface area contributed by atoms with Crippen LogP contribution in [0.3, 0.4) is 0 Å². The molecule has 0 aliphatic carbocycles. The van der Waals surface area contributed by atoms with Gasteiger partial charge in [-0.05, 0) is 55.5 Å². The van der Waals surface area contributed by atoms with E-state index >= 15 is 0 Å². The number of benzene rings is 2. The first-order valence-corrected chi connectivity index (χ1v) is 8.39. The van der Waals surface area contributed by atoms with Crippen LogP contribution in [0.4, 0.5) is 0 Å². The summed E-state index contributed by atoms with van der Waals surface area (Å²) in [6.07, 6.45) is -0.725. The number of rotatable bonds is 7. The summed E-state index contributed by atoms with van der Waals surface area (Å²) in [5.41, 5.74) is 1.23. The van der Waals surface area contributed by atoms with Gasteiger partial charge in [0.15, 0.2) is 12.7 Å². The highest BCUT2D eigenvalue weighted by atomic mass is 16.6. The highest BCUT2D eigenvalue weighted by molar-refractivity contribution is 5.71. The van der Waals surface area contributed by atoms with Crippen molar-refractivity contribution >= 4 is 5.97 Å². The maximum Gasteiger partial charge on any atom is 0.344 e. The van der Waals surface area contributed by atoms with Gasteiger partial charge in [0.25, 0.3) is 5.89 Å². The average Bonchev–Trinajstić information content (AvgIpc) is 3.23. The minimum absolute atomic E-state index is 0.178. The molecule has 3 aromatic rings. The fourth-order valence-corrected chi connectivity index (χ4v) is 2.30. The summed E-state index contributed by atoms with van der Waals surface area (Å²) in [5, 5.41) is 16.7. The van der Waals surface area contributed by atoms with Crippen molar-refractivity contribution in [1.82, 2.24) is 10.2 Å². The molecule has 0 radical (unpaired) electrons. The fraction of sp³-hybridized carbons (Fsp3) is 0.200. The molecule has 0 saturated carbocycles. The third kappa shape index (κ3) is 4.65. The van der Waals surface area contributed by atoms with Gasteiger partial charge >= 0.3 is 5.97 Å². The summed E-state index contributed by atoms with van der Waals surface area (Å²) in [5.74, 6) is 1.09. The number of carbonyl (C=O) groups is 1. The lowest BCUT2D eigenvalue weighted by molar-refractivity contribution is -0.152. The normalized spacial score (nSPS) is 11.3. The molecule has 0 bridgehead atoms. The van der Waals surface area contributed by atoms with Crippen molar-refractivity contribution in [2.75, 3.05) is 13.7 Å². The Morgan fingerprint density at radius 2 is 1.79 bits per heavy atom. The van der Waals surface area contributed by atoms with E-state index in [0.29, 0.717) is 23.0 Å². The molecule has 0 N–H and O–H groups in total. The Kier molecular flexibility index (Phi) is 5.87. The standard InChI is InChI=1S/C20H17N3O5/c1-13(27-18(24)12-26-17-7-3-14(11-21)4-8-17)19-22-23-20(28-19)15-5-9-16(25-2)10-6-15/h3-10,13H,12H2,1-2H3/t13-/m0/s1. The molecule has 0 amide bonds. The summed E-state index contributed by atoms with van der Waals surface area (Å²) in [4.78, 5) is 12.0. The van der Waals surface area contributed by atoms with Crippen LogP contribution in [0.25, 0.3) is 11.5 Å². The maximum atomic E-state index is 12.0. The molecule has 28 heavy (non-hydrogen) atoms. The van der Waals surface area contributed by atoms with Crippen LogP contribution in [0.2, 0.25) is 0 Å². The molecule has 0 fully saturated rings. The highest BCUT2D eigenvalue weighted by Gasteiger charge is 2.19. The molecule has 142 valence electrons. The van der Waals surface area contributed by atoms with Crippen molar-refractivity contribution in [1.29, 1.82) is 5.26 Å². The predicted octanol–water partition coefficient (Wildman–Crippen LogP) is 3.30. The first kappa shape index (κ1) is 18.9. The summed E-state index contributed by atoms with van der Waals surface area (Å²) in [6.45, 7) is 1.35. The second kappa shape index (κ2) is 8.68. The van der Waals surface area contributed by atoms with Crippen LogP contribution in [-0.2, 0) is 9.53 Å². The molecular formula is C20H17N3O5. The molecule has 0 aliphatic rings. The van der Waals surface area contributed by atoms with Gasteiger partial charge in [-0.3, -0.25) is 0 Å². The molecule has 0 aliphatic heterocycles. The molecule has 3 rings (SSSR count). The molecular weight excluding hydrogens is 362 g/mol. The number of methoxy groups -OCH3 is 1. The predicted molar refractivity (Wildman–Crippen MR) is 97.4 cm³/mol. The Labute approximate surface area is 161 Å². The summed E-state index contributed by atoms with van der Waals surface area (Å²) in [7, 11) is 1.58. The second-order valence-electron chi connectivity index (χ2n) is 5.73. The number of nitriles is 1. The third-order valence-corrected chi connectivity index (χ3v) is 3.77. The minimum Gasteiger partial charge on any atom is -0.497 e. The lowest BCUT2D eigenvalue weighted by Crippen LogP contribution is -2.17. The SMILES string of the molecule is COc1ccc(-c2nnc([C@H](C)OC(=O)COc3ccc(C#N)cc3)o2)cc1. The van der Waals surface area contributed by atoms with Gasteiger partial charge in [-0.15, -0.1) is 10.2 Å². The van der Waals surface area contributed by atoms with Crippen molar-refractivity contribution in [2.24, 2.45) is 0 Å². The van der Waals surface area contributed by atoms with E-state index in [1.54, 1.807) is 62.6 Å². The number of nitrogens with zero attached hydrogens (tertiary/aromatic N) is 3. The summed E-state index contributed by atoms with van der Waals surface area (Å²) < 4.78 is 21.3. The number of hydrogen-bond donors (Lipinski definition) is 0. The number of carbonyl (C=O) groups excluding carboxylic acids is 1. The zero-order valence-corrected chi connectivity index (χ0v) is 15.3. The third-order valence-electron chi connectivity index (χ3n) is 3.77. The minimum atomic E-state index is -0.725. The van der Waals surface area contributed by atoms with Gasteiger partial charge in [-0.1, -0.05) is 0 Å². The lowest BCUT2D eigenvalue weighted by Gasteiger charge is -2.10. The molecule has 0 spiro atoms. The van der Waals surface area contributed by atoms with E-state index in [9.17, 15) is 4.79 Å². The summed E-state index contributed by atoms with van der Waals surface area (Å²) in [6, 6.07) is 15.6. The number of ether oxygens (including phenoxy) is 3. The van der Waals surface area contributed by atoms with Gasteiger partial charge in [0.05, 0.1) is 18.7 Å². The fourth-order valence-electron chi connectivity index (χ4n) is 2.30. The zero-order valence-electron chi connectivity index (χ0n) is 15.3. The maximum absolute atomic E-state index is 12.0. The van der Waals surface area contributed by atoms with Gasteiger partial charge in [-0.25, -0.2) is 4.79 Å². The van der Waals surface area contributed by atoms with E-state index in [0.717, 1.165) is 5.56 Å². The summed E-state index contributed by atoms with van der Waals surface area (Å²) >= 11 is 0. The Balaban J connectivity index is 1.55. The van der Waals surface area contributed by atoms with E-state index in [1.807, 2.05) is 6.07 Å². The van der Waals surface area contributed by atoms with E-state index < -0.39 is 12.1 Å². The van der Waals surface area contributed by atoms with Crippen molar-refractivity contribution in [3.05, 3.63) is 60.0 Å². The second-order valence-corrected chi connectivity index (χ2v) is 5.73. The van der Waals surface area contributed by atoms with Crippen LogP contribution in [0.15, 0.2) is 52.9 Å². The smallest absolute Gasteiger partial charge is 0.344 e. The van der Waals surface area contributed by atoms with Crippen LogP contribution in [-0.4, -0.2) is 29.9 Å². The van der Waals surface area contributed by atoms with Gasteiger partial charge in [0, 0.05) is 5.56 Å². The molecule has 2 aromatic carbocycles. The number of aromatic nitrogens is 2. The molecule has 1 aromatic heterocycles. The molecule has 0 saturated heterocycles. The molecule has 1 atom stereocenters. The van der Waals surface area contributed by atoms with Crippen molar-refractivity contribution < 1.29 is 23.4 Å². The van der Waals surface area contributed by atoms with Crippen LogP contribution in [0.5, 0.6) is 11.5 Å². The first-order valence-electron chi connectivity index (χ1n) is 8.39. The van der Waals surface area contributed by atoms with Crippen LogP contribution < -0.4 is 9.47 Å². The van der Waals surface area contributed by atoms with Gasteiger partial charge < -0.3 is 18.6 Å². The monoisotopic (exact) mass is 379 g/mol. The van der Waals surface area contributed by atoms with E-state index in [-0.39, 0.29) is 12.5 Å². The molecule has 8 nitrogen and oxygen atoms in total. The van der Waals surface area contributed by atoms with Crippen molar-refractivity contribution in [3.63, 3.8) is 0 Å². The van der Waals surface area contributed by atoms with Crippen molar-refractivity contribution in [3.8, 4) is 29.0 Å². The largest absolute Gasteiger partial charge is 0.497 e. The number of esters is 1. The van der Waals surface area contributed by atoms with Gasteiger partial charge in [0.1, 0.15) is 11.5 Å². The topological polar surface area (TPSA) is 107 Å². The van der Waals surface area contributed by atoms with Crippen LogP contribution in [0, 0.1) is 11.3 Å². The van der Waals surface area contributed by atoms with Crippen LogP contribution >= 0.6 is 0 Å². The van der Waals surface area contributed by atoms with E-state index in [1.165, 1.54) is 0 Å². The van der Waals surface area contributed by atoms with Crippen molar-refractivity contribution in [2.45, 2.75) is 13.0 Å². The first-order chi connectivity index (χ1) is 13.6. The Bertz CT molecular complexity index is 974. The highest BCUT2D eigenvalue weighted by Crippen LogP contribution is 2.24. The number of hydrogen-bond acceptors (Lipinski definition) is 8. The van der Waals surface area contributed by atoms with Crippen LogP contribution in [0.1, 0.15) is 24.5 Å². The van der Waals surface area contributed by atoms with Gasteiger partial charge in [-0.2, -0.15) is 5.26 Å². The lowest BCUT2D eigenvalue weighted by atomic mass is 10.2. The molecule has 1 heterocycles.